The first kappa shape index (κ1) is 19.4. The third kappa shape index (κ3) is 3.99. The molecule has 0 saturated heterocycles. The lowest BCUT2D eigenvalue weighted by atomic mass is 10.2. The molecule has 27 heavy (non-hydrogen) atoms. The maximum Gasteiger partial charge on any atom is 0.387 e. The Morgan fingerprint density at radius 1 is 1.19 bits per heavy atom. The molecule has 0 aliphatic rings. The van der Waals surface area contributed by atoms with Gasteiger partial charge in [-0.2, -0.15) is 21.8 Å². The zero-order chi connectivity index (χ0) is 19.6. The molecule has 0 fully saturated rings. The molecule has 0 aliphatic carbocycles. The van der Waals surface area contributed by atoms with Crippen molar-refractivity contribution in [3.05, 3.63) is 42.0 Å². The summed E-state index contributed by atoms with van der Waals surface area (Å²) in [7, 11) is -1.10. The standard InChI is InChI=1S/C16H15F2N3O4S2/c1-21(9-10-6-7-12(25-16(17)18)13(8-10)24-2)27(22,23)14-5-3-4-11-15(14)20-26-19-11/h3-8,16H,9H2,1-2H3. The first-order chi connectivity index (χ1) is 12.8. The summed E-state index contributed by atoms with van der Waals surface area (Å²) in [5.74, 6) is -0.0375. The summed E-state index contributed by atoms with van der Waals surface area (Å²) >= 11 is 0.935. The van der Waals surface area contributed by atoms with E-state index in [2.05, 4.69) is 13.5 Å². The highest BCUT2D eigenvalue weighted by Gasteiger charge is 2.25. The number of ether oxygens (including phenoxy) is 2. The van der Waals surface area contributed by atoms with Crippen LogP contribution < -0.4 is 9.47 Å². The Morgan fingerprint density at radius 3 is 2.67 bits per heavy atom. The Labute approximate surface area is 158 Å². The third-order valence-electron chi connectivity index (χ3n) is 3.79. The highest BCUT2D eigenvalue weighted by atomic mass is 32.2. The smallest absolute Gasteiger partial charge is 0.387 e. The van der Waals surface area contributed by atoms with Crippen LogP contribution >= 0.6 is 11.7 Å². The van der Waals surface area contributed by atoms with E-state index in [0.717, 1.165) is 16.0 Å². The molecule has 1 heterocycles. The average Bonchev–Trinajstić information content (AvgIpc) is 3.11. The second-order valence-electron chi connectivity index (χ2n) is 5.51. The summed E-state index contributed by atoms with van der Waals surface area (Å²) in [5, 5.41) is 0. The van der Waals surface area contributed by atoms with Crippen LogP contribution in [0, 0.1) is 0 Å². The molecular weight excluding hydrogens is 400 g/mol. The van der Waals surface area contributed by atoms with Crippen LogP contribution in [0.4, 0.5) is 8.78 Å². The Kier molecular flexibility index (Phi) is 5.53. The highest BCUT2D eigenvalue weighted by Crippen LogP contribution is 2.31. The molecule has 11 heteroatoms. The molecule has 0 spiro atoms. The Hall–Kier alpha value is -2.37. The van der Waals surface area contributed by atoms with Crippen LogP contribution in [0.1, 0.15) is 5.56 Å². The van der Waals surface area contributed by atoms with E-state index in [0.29, 0.717) is 16.6 Å². The summed E-state index contributed by atoms with van der Waals surface area (Å²) in [5.41, 5.74) is 1.36. The largest absolute Gasteiger partial charge is 0.493 e. The van der Waals surface area contributed by atoms with Crippen molar-refractivity contribution in [3.63, 3.8) is 0 Å². The van der Waals surface area contributed by atoms with E-state index in [1.54, 1.807) is 12.1 Å². The fourth-order valence-electron chi connectivity index (χ4n) is 2.50. The molecule has 0 unspecified atom stereocenters. The van der Waals surface area contributed by atoms with Crippen molar-refractivity contribution in [1.82, 2.24) is 13.1 Å². The van der Waals surface area contributed by atoms with Gasteiger partial charge < -0.3 is 9.47 Å². The van der Waals surface area contributed by atoms with Gasteiger partial charge in [0.05, 0.1) is 18.8 Å². The van der Waals surface area contributed by atoms with Crippen molar-refractivity contribution in [2.24, 2.45) is 0 Å². The van der Waals surface area contributed by atoms with Gasteiger partial charge in [-0.15, -0.1) is 0 Å². The van der Waals surface area contributed by atoms with E-state index in [4.69, 9.17) is 4.74 Å². The third-order valence-corrected chi connectivity index (χ3v) is 6.16. The molecule has 0 radical (unpaired) electrons. The molecule has 0 saturated carbocycles. The van der Waals surface area contributed by atoms with Crippen molar-refractivity contribution in [2.75, 3.05) is 14.2 Å². The number of fused-ring (bicyclic) bond motifs is 1. The monoisotopic (exact) mass is 415 g/mol. The summed E-state index contributed by atoms with van der Waals surface area (Å²) in [6, 6.07) is 9.02. The van der Waals surface area contributed by atoms with Gasteiger partial charge in [0.25, 0.3) is 0 Å². The minimum absolute atomic E-state index is 0.00159. The predicted octanol–water partition coefficient (Wildman–Crippen LogP) is 3.12. The molecule has 7 nitrogen and oxygen atoms in total. The quantitative estimate of drug-likeness (QED) is 0.590. The number of aromatic nitrogens is 2. The molecule has 1 aromatic heterocycles. The lowest BCUT2D eigenvalue weighted by molar-refractivity contribution is -0.0512. The Morgan fingerprint density at radius 2 is 1.96 bits per heavy atom. The number of hydrogen-bond acceptors (Lipinski definition) is 7. The van der Waals surface area contributed by atoms with Gasteiger partial charge in [0.1, 0.15) is 15.9 Å². The summed E-state index contributed by atoms with van der Waals surface area (Å²) < 4.78 is 69.3. The van der Waals surface area contributed by atoms with Crippen LogP contribution in [0.25, 0.3) is 11.0 Å². The molecule has 2 aromatic carbocycles. The van der Waals surface area contributed by atoms with Crippen LogP contribution in [0.5, 0.6) is 11.5 Å². The van der Waals surface area contributed by atoms with Gasteiger partial charge >= 0.3 is 6.61 Å². The highest BCUT2D eigenvalue weighted by molar-refractivity contribution is 7.89. The maximum absolute atomic E-state index is 12.9. The average molecular weight is 415 g/mol. The fraction of sp³-hybridized carbons (Fsp3) is 0.250. The topological polar surface area (TPSA) is 81.6 Å². The maximum atomic E-state index is 12.9. The van der Waals surface area contributed by atoms with Gasteiger partial charge in [-0.1, -0.05) is 12.1 Å². The minimum atomic E-state index is -3.84. The first-order valence-corrected chi connectivity index (χ1v) is 9.79. The van der Waals surface area contributed by atoms with Gasteiger partial charge in [0, 0.05) is 13.6 Å². The zero-order valence-corrected chi connectivity index (χ0v) is 15.9. The normalized spacial score (nSPS) is 12.1. The molecule has 0 N–H and O–H groups in total. The molecular formula is C16H15F2N3O4S2. The van der Waals surface area contributed by atoms with Gasteiger partial charge in [0.15, 0.2) is 11.5 Å². The van der Waals surface area contributed by atoms with E-state index in [1.807, 2.05) is 0 Å². The number of halogens is 2. The Balaban J connectivity index is 1.88. The molecule has 0 aliphatic heterocycles. The number of methoxy groups -OCH3 is 1. The van der Waals surface area contributed by atoms with Gasteiger partial charge in [-0.05, 0) is 29.8 Å². The van der Waals surface area contributed by atoms with Crippen LogP contribution in [-0.2, 0) is 16.6 Å². The fourth-order valence-corrected chi connectivity index (χ4v) is 4.41. The van der Waals surface area contributed by atoms with Crippen molar-refractivity contribution in [2.45, 2.75) is 18.1 Å². The summed E-state index contributed by atoms with van der Waals surface area (Å²) in [6.45, 7) is -2.98. The van der Waals surface area contributed by atoms with Crippen molar-refractivity contribution in [3.8, 4) is 11.5 Å². The number of hydrogen-bond donors (Lipinski definition) is 0. The van der Waals surface area contributed by atoms with Crippen molar-refractivity contribution >= 4 is 32.8 Å². The van der Waals surface area contributed by atoms with Crippen LogP contribution in [0.15, 0.2) is 41.3 Å². The number of sulfonamides is 1. The SMILES string of the molecule is COc1cc(CN(C)S(=O)(=O)c2cccc3nsnc23)ccc1OC(F)F. The number of benzene rings is 2. The molecule has 144 valence electrons. The van der Waals surface area contributed by atoms with Crippen LogP contribution in [0.2, 0.25) is 0 Å². The second kappa shape index (κ2) is 7.71. The predicted molar refractivity (Wildman–Crippen MR) is 95.7 cm³/mol. The number of nitrogens with zero attached hydrogens (tertiary/aromatic N) is 3. The molecule has 3 aromatic rings. The van der Waals surface area contributed by atoms with Crippen molar-refractivity contribution < 1.29 is 26.7 Å². The molecule has 3 rings (SSSR count). The van der Waals surface area contributed by atoms with E-state index >= 15 is 0 Å². The number of alkyl halides is 2. The molecule has 0 atom stereocenters. The Bertz CT molecular complexity index is 1060. The van der Waals surface area contributed by atoms with E-state index in [-0.39, 0.29) is 22.9 Å². The lowest BCUT2D eigenvalue weighted by Crippen LogP contribution is -2.26. The van der Waals surface area contributed by atoms with Gasteiger partial charge in [0.2, 0.25) is 10.0 Å². The van der Waals surface area contributed by atoms with Crippen LogP contribution in [-0.4, -0.2) is 42.2 Å². The lowest BCUT2D eigenvalue weighted by Gasteiger charge is -2.18. The zero-order valence-electron chi connectivity index (χ0n) is 14.3. The second-order valence-corrected chi connectivity index (χ2v) is 8.05. The molecule has 0 amide bonds. The molecule has 0 bridgehead atoms. The first-order valence-electron chi connectivity index (χ1n) is 7.62. The van der Waals surface area contributed by atoms with Crippen LogP contribution in [0.3, 0.4) is 0 Å². The van der Waals surface area contributed by atoms with Crippen molar-refractivity contribution in [1.29, 1.82) is 0 Å². The van der Waals surface area contributed by atoms with E-state index < -0.39 is 16.6 Å². The van der Waals surface area contributed by atoms with Gasteiger partial charge in [-0.3, -0.25) is 0 Å². The van der Waals surface area contributed by atoms with E-state index in [1.165, 1.54) is 38.4 Å². The number of rotatable bonds is 7. The minimum Gasteiger partial charge on any atom is -0.493 e. The van der Waals surface area contributed by atoms with E-state index in [9.17, 15) is 17.2 Å². The van der Waals surface area contributed by atoms with Gasteiger partial charge in [-0.25, -0.2) is 8.42 Å². The summed E-state index contributed by atoms with van der Waals surface area (Å²) in [4.78, 5) is 0.0564. The summed E-state index contributed by atoms with van der Waals surface area (Å²) in [6.07, 6.45) is 0.